The Morgan fingerprint density at radius 3 is 2.95 bits per heavy atom. The highest BCUT2D eigenvalue weighted by Gasteiger charge is 2.13. The molecule has 0 aliphatic heterocycles. The van der Waals surface area contributed by atoms with E-state index >= 15 is 0 Å². The summed E-state index contributed by atoms with van der Waals surface area (Å²) in [6, 6.07) is 7.49. The fraction of sp³-hybridized carbons (Fsp3) is 0.375. The highest BCUT2D eigenvalue weighted by atomic mass is 32.2. The molecule has 0 spiro atoms. The third-order valence-corrected chi connectivity index (χ3v) is 4.06. The molecule has 1 heterocycles. The number of rotatable bonds is 6. The van der Waals surface area contributed by atoms with Crippen molar-refractivity contribution >= 4 is 17.7 Å². The number of nitrogens with zero attached hydrogens (tertiary/aromatic N) is 3. The van der Waals surface area contributed by atoms with Crippen molar-refractivity contribution in [2.75, 3.05) is 19.8 Å². The lowest BCUT2D eigenvalue weighted by molar-refractivity contribution is 0.0769. The van der Waals surface area contributed by atoms with Gasteiger partial charge in [0.1, 0.15) is 0 Å². The molecule has 2 aromatic rings. The lowest BCUT2D eigenvalue weighted by Crippen LogP contribution is -2.29. The molecule has 1 atom stereocenters. The number of amides is 1. The molecule has 6 heteroatoms. The van der Waals surface area contributed by atoms with E-state index in [0.29, 0.717) is 18.5 Å². The molecule has 22 heavy (non-hydrogen) atoms. The van der Waals surface area contributed by atoms with Crippen molar-refractivity contribution in [3.05, 3.63) is 42.2 Å². The minimum Gasteiger partial charge on any atom is -0.393 e. The van der Waals surface area contributed by atoms with Gasteiger partial charge < -0.3 is 10.0 Å². The van der Waals surface area contributed by atoms with Crippen LogP contribution in [0.5, 0.6) is 0 Å². The SMILES string of the molecule is CSc1nccn1-c1cccc(C(=O)N(C)CCC(C)O)c1. The predicted octanol–water partition coefficient (Wildman–Crippen LogP) is 2.44. The topological polar surface area (TPSA) is 58.4 Å². The molecule has 0 aliphatic carbocycles. The second-order valence-electron chi connectivity index (χ2n) is 5.20. The van der Waals surface area contributed by atoms with Crippen molar-refractivity contribution < 1.29 is 9.90 Å². The normalized spacial score (nSPS) is 12.2. The number of aromatic nitrogens is 2. The number of aliphatic hydroxyl groups is 1. The van der Waals surface area contributed by atoms with Crippen molar-refractivity contribution in [3.8, 4) is 5.69 Å². The van der Waals surface area contributed by atoms with Gasteiger partial charge in [-0.15, -0.1) is 0 Å². The summed E-state index contributed by atoms with van der Waals surface area (Å²) in [4.78, 5) is 18.4. The minimum absolute atomic E-state index is 0.0479. The fourth-order valence-electron chi connectivity index (χ4n) is 2.13. The largest absolute Gasteiger partial charge is 0.393 e. The molecule has 0 aliphatic rings. The molecule has 0 fully saturated rings. The van der Waals surface area contributed by atoms with Crippen molar-refractivity contribution in [2.45, 2.75) is 24.6 Å². The summed E-state index contributed by atoms with van der Waals surface area (Å²) >= 11 is 1.56. The van der Waals surface area contributed by atoms with Crippen LogP contribution < -0.4 is 0 Å². The number of thioether (sulfide) groups is 1. The third kappa shape index (κ3) is 3.90. The lowest BCUT2D eigenvalue weighted by Gasteiger charge is -2.18. The predicted molar refractivity (Wildman–Crippen MR) is 88.6 cm³/mol. The smallest absolute Gasteiger partial charge is 0.253 e. The van der Waals surface area contributed by atoms with Gasteiger partial charge in [0.05, 0.1) is 6.10 Å². The molecule has 0 bridgehead atoms. The lowest BCUT2D eigenvalue weighted by atomic mass is 10.1. The van der Waals surface area contributed by atoms with Gasteiger partial charge in [0.25, 0.3) is 5.91 Å². The number of imidazole rings is 1. The van der Waals surface area contributed by atoms with Crippen LogP contribution in [0.15, 0.2) is 41.8 Å². The van der Waals surface area contributed by atoms with Crippen LogP contribution in [0.3, 0.4) is 0 Å². The Morgan fingerprint density at radius 2 is 2.27 bits per heavy atom. The molecule has 1 aromatic carbocycles. The van der Waals surface area contributed by atoms with E-state index < -0.39 is 6.10 Å². The molecular formula is C16H21N3O2S. The summed E-state index contributed by atoms with van der Waals surface area (Å²) < 4.78 is 1.96. The average Bonchev–Trinajstić information content (AvgIpc) is 3.00. The quantitative estimate of drug-likeness (QED) is 0.831. The van der Waals surface area contributed by atoms with Crippen LogP contribution in [0.4, 0.5) is 0 Å². The van der Waals surface area contributed by atoms with Gasteiger partial charge in [-0.05, 0) is 37.8 Å². The summed E-state index contributed by atoms with van der Waals surface area (Å²) in [6.07, 6.45) is 5.76. The Labute approximate surface area is 135 Å². The zero-order valence-corrected chi connectivity index (χ0v) is 13.9. The maximum absolute atomic E-state index is 12.4. The monoisotopic (exact) mass is 319 g/mol. The molecule has 5 nitrogen and oxygen atoms in total. The average molecular weight is 319 g/mol. The van der Waals surface area contributed by atoms with Gasteiger partial charge in [-0.25, -0.2) is 4.98 Å². The zero-order valence-electron chi connectivity index (χ0n) is 13.1. The summed E-state index contributed by atoms with van der Waals surface area (Å²) in [5.41, 5.74) is 1.54. The standard InChI is InChI=1S/C16H21N3O2S/c1-12(20)7-9-18(2)15(21)13-5-4-6-14(11-13)19-10-8-17-16(19)22-3/h4-6,8,10-12,20H,7,9H2,1-3H3. The number of carbonyl (C=O) groups is 1. The van der Waals surface area contributed by atoms with Crippen LogP contribution >= 0.6 is 11.8 Å². The molecule has 0 radical (unpaired) electrons. The molecule has 1 N–H and O–H groups in total. The first kappa shape index (κ1) is 16.6. The van der Waals surface area contributed by atoms with Crippen LogP contribution in [0, 0.1) is 0 Å². The minimum atomic E-state index is -0.406. The maximum Gasteiger partial charge on any atom is 0.253 e. The van der Waals surface area contributed by atoms with Crippen molar-refractivity contribution in [2.24, 2.45) is 0 Å². The molecule has 1 amide bonds. The van der Waals surface area contributed by atoms with Crippen LogP contribution in [0.25, 0.3) is 5.69 Å². The summed E-state index contributed by atoms with van der Waals surface area (Å²) in [7, 11) is 1.75. The van der Waals surface area contributed by atoms with Gasteiger partial charge in [-0.3, -0.25) is 9.36 Å². The van der Waals surface area contributed by atoms with E-state index in [2.05, 4.69) is 4.98 Å². The third-order valence-electron chi connectivity index (χ3n) is 3.39. The van der Waals surface area contributed by atoms with Gasteiger partial charge in [0.15, 0.2) is 5.16 Å². The van der Waals surface area contributed by atoms with Crippen molar-refractivity contribution in [1.82, 2.24) is 14.5 Å². The maximum atomic E-state index is 12.4. The van der Waals surface area contributed by atoms with E-state index in [4.69, 9.17) is 0 Å². The first-order valence-corrected chi connectivity index (χ1v) is 8.36. The summed E-state index contributed by atoms with van der Waals surface area (Å²) in [5.74, 6) is -0.0479. The first-order chi connectivity index (χ1) is 10.5. The second kappa shape index (κ2) is 7.47. The Kier molecular flexibility index (Phi) is 5.63. The number of hydrogen-bond donors (Lipinski definition) is 1. The van der Waals surface area contributed by atoms with E-state index in [9.17, 15) is 9.90 Å². The Hall–Kier alpha value is -1.79. The van der Waals surface area contributed by atoms with Gasteiger partial charge in [-0.1, -0.05) is 17.8 Å². The molecule has 2 rings (SSSR count). The molecule has 0 saturated heterocycles. The van der Waals surface area contributed by atoms with Gasteiger partial charge in [-0.2, -0.15) is 0 Å². The molecule has 118 valence electrons. The number of aliphatic hydroxyl groups excluding tert-OH is 1. The highest BCUT2D eigenvalue weighted by Crippen LogP contribution is 2.19. The Morgan fingerprint density at radius 1 is 1.50 bits per heavy atom. The number of benzene rings is 1. The van der Waals surface area contributed by atoms with Crippen molar-refractivity contribution in [1.29, 1.82) is 0 Å². The molecule has 0 saturated carbocycles. The Bertz CT molecular complexity index is 640. The molecule has 1 unspecified atom stereocenters. The number of hydrogen-bond acceptors (Lipinski definition) is 4. The Balaban J connectivity index is 2.19. The van der Waals surface area contributed by atoms with Crippen molar-refractivity contribution in [3.63, 3.8) is 0 Å². The van der Waals surface area contributed by atoms with Crippen LogP contribution in [-0.4, -0.2) is 51.4 Å². The van der Waals surface area contributed by atoms with Gasteiger partial charge in [0, 0.05) is 37.2 Å². The van der Waals surface area contributed by atoms with Gasteiger partial charge in [0.2, 0.25) is 0 Å². The first-order valence-electron chi connectivity index (χ1n) is 7.14. The van der Waals surface area contributed by atoms with E-state index in [1.54, 1.807) is 42.9 Å². The number of carbonyl (C=O) groups excluding carboxylic acids is 1. The van der Waals surface area contributed by atoms with E-state index in [1.165, 1.54) is 0 Å². The highest BCUT2D eigenvalue weighted by molar-refractivity contribution is 7.98. The fourth-order valence-corrected chi connectivity index (χ4v) is 2.66. The summed E-state index contributed by atoms with van der Waals surface area (Å²) in [6.45, 7) is 2.25. The van der Waals surface area contributed by atoms with Crippen LogP contribution in [0.1, 0.15) is 23.7 Å². The van der Waals surface area contributed by atoms with Crippen LogP contribution in [0.2, 0.25) is 0 Å². The van der Waals surface area contributed by atoms with Crippen LogP contribution in [-0.2, 0) is 0 Å². The van der Waals surface area contributed by atoms with E-state index in [-0.39, 0.29) is 5.91 Å². The van der Waals surface area contributed by atoms with E-state index in [1.807, 2.05) is 35.2 Å². The second-order valence-corrected chi connectivity index (χ2v) is 5.97. The zero-order chi connectivity index (χ0) is 16.1. The van der Waals surface area contributed by atoms with E-state index in [0.717, 1.165) is 10.8 Å². The molecular weight excluding hydrogens is 298 g/mol. The molecule has 1 aromatic heterocycles. The summed E-state index contributed by atoms with van der Waals surface area (Å²) in [5, 5.41) is 10.2. The van der Waals surface area contributed by atoms with Gasteiger partial charge >= 0.3 is 0 Å².